The normalized spacial score (nSPS) is 12.5. The fourth-order valence-electron chi connectivity index (χ4n) is 2.46. The highest BCUT2D eigenvalue weighted by Gasteiger charge is 2.18. The van der Waals surface area contributed by atoms with Crippen LogP contribution in [0.4, 0.5) is 0 Å². The summed E-state index contributed by atoms with van der Waals surface area (Å²) >= 11 is 0. The van der Waals surface area contributed by atoms with E-state index in [1.807, 2.05) is 41.5 Å². The molecule has 0 fully saturated rings. The van der Waals surface area contributed by atoms with Gasteiger partial charge in [-0.3, -0.25) is 9.59 Å². The molecule has 5 heteroatoms. The number of rotatable bonds is 11. The van der Waals surface area contributed by atoms with Crippen LogP contribution < -0.4 is 0 Å². The summed E-state index contributed by atoms with van der Waals surface area (Å²) in [6.45, 7) is 18.4. The Balaban J connectivity index is 4.27. The Bertz CT molecular complexity index is 385. The zero-order valence-corrected chi connectivity index (χ0v) is 18.3. The lowest BCUT2D eigenvalue weighted by Gasteiger charge is -2.24. The minimum atomic E-state index is -0.429. The topological polar surface area (TPSA) is 55.8 Å². The highest BCUT2D eigenvalue weighted by Crippen LogP contribution is 2.12. The Morgan fingerprint density at radius 3 is 1.46 bits per heavy atom. The Kier molecular flexibility index (Phi) is 11.1. The first-order valence-electron chi connectivity index (χ1n) is 9.94. The molecule has 0 aromatic rings. The van der Waals surface area contributed by atoms with E-state index in [4.69, 9.17) is 9.47 Å². The molecular weight excluding hydrogens is 330 g/mol. The van der Waals surface area contributed by atoms with Gasteiger partial charge in [-0.2, -0.15) is 0 Å². The number of carbonyl (C=O) groups excluding carboxylic acids is 2. The predicted molar refractivity (Wildman–Crippen MR) is 106 cm³/mol. The van der Waals surface area contributed by atoms with Crippen LogP contribution in [0.25, 0.3) is 0 Å². The average molecular weight is 372 g/mol. The molecule has 0 saturated heterocycles. The van der Waals surface area contributed by atoms with E-state index in [1.54, 1.807) is 0 Å². The minimum absolute atomic E-state index is 0.143. The van der Waals surface area contributed by atoms with Gasteiger partial charge in [-0.15, -0.1) is 0 Å². The molecule has 0 aliphatic heterocycles. The van der Waals surface area contributed by atoms with Gasteiger partial charge in [-0.1, -0.05) is 13.8 Å². The summed E-state index contributed by atoms with van der Waals surface area (Å²) in [5.74, 6) is 0.347. The van der Waals surface area contributed by atoms with Crippen LogP contribution in [0, 0.1) is 5.92 Å². The van der Waals surface area contributed by atoms with Crippen LogP contribution in [0.3, 0.4) is 0 Å². The second-order valence-electron chi connectivity index (χ2n) is 9.40. The number of hydrogen-bond donors (Lipinski definition) is 0. The summed E-state index contributed by atoms with van der Waals surface area (Å²) in [6, 6.07) is 0. The summed E-state index contributed by atoms with van der Waals surface area (Å²) in [6.07, 6.45) is 3.53. The monoisotopic (exact) mass is 371 g/mol. The summed E-state index contributed by atoms with van der Waals surface area (Å²) in [4.78, 5) is 26.0. The smallest absolute Gasteiger partial charge is 0.306 e. The first-order valence-corrected chi connectivity index (χ1v) is 9.94. The molecule has 0 aromatic heterocycles. The summed E-state index contributed by atoms with van der Waals surface area (Å²) in [5.41, 5.74) is -0.857. The van der Waals surface area contributed by atoms with Crippen LogP contribution in [0.5, 0.6) is 0 Å². The summed E-state index contributed by atoms with van der Waals surface area (Å²) in [7, 11) is 0. The first kappa shape index (κ1) is 24.9. The van der Waals surface area contributed by atoms with Crippen molar-refractivity contribution in [2.24, 2.45) is 5.92 Å². The van der Waals surface area contributed by atoms with Crippen molar-refractivity contribution in [1.82, 2.24) is 4.90 Å². The van der Waals surface area contributed by atoms with Crippen LogP contribution in [-0.4, -0.2) is 47.7 Å². The third-order valence-electron chi connectivity index (χ3n) is 3.57. The molecular formula is C21H41NO4. The Morgan fingerprint density at radius 1 is 0.769 bits per heavy atom. The maximum atomic E-state index is 11.8. The van der Waals surface area contributed by atoms with Gasteiger partial charge in [0.05, 0.1) is 0 Å². The molecule has 0 N–H and O–H groups in total. The van der Waals surface area contributed by atoms with Gasteiger partial charge in [0, 0.05) is 12.8 Å². The molecule has 0 aliphatic rings. The molecule has 154 valence electrons. The fraction of sp³-hybridized carbons (Fsp3) is 0.905. The van der Waals surface area contributed by atoms with Gasteiger partial charge in [0.2, 0.25) is 0 Å². The molecule has 0 rings (SSSR count). The summed E-state index contributed by atoms with van der Waals surface area (Å²) in [5, 5.41) is 0. The standard InChI is InChI=1S/C21H41NO4/c1-17(2)13-16-22(14-9-11-18(23)25-20(3,4)5)15-10-12-19(24)26-21(6,7)8/h17H,9-16H2,1-8H3. The number of nitrogens with zero attached hydrogens (tertiary/aromatic N) is 1. The number of esters is 2. The van der Waals surface area contributed by atoms with Crippen molar-refractivity contribution in [3.8, 4) is 0 Å². The van der Waals surface area contributed by atoms with E-state index in [9.17, 15) is 9.59 Å². The zero-order valence-electron chi connectivity index (χ0n) is 18.3. The zero-order chi connectivity index (χ0) is 20.4. The van der Waals surface area contributed by atoms with Crippen molar-refractivity contribution in [3.63, 3.8) is 0 Å². The largest absolute Gasteiger partial charge is 0.460 e. The second-order valence-corrected chi connectivity index (χ2v) is 9.40. The molecule has 0 aromatic carbocycles. The molecule has 5 nitrogen and oxygen atoms in total. The van der Waals surface area contributed by atoms with Crippen LogP contribution >= 0.6 is 0 Å². The van der Waals surface area contributed by atoms with Crippen molar-refractivity contribution in [2.45, 2.75) is 98.7 Å². The van der Waals surface area contributed by atoms with E-state index >= 15 is 0 Å². The molecule has 0 bridgehead atoms. The minimum Gasteiger partial charge on any atom is -0.460 e. The van der Waals surface area contributed by atoms with E-state index < -0.39 is 11.2 Å². The van der Waals surface area contributed by atoms with E-state index in [-0.39, 0.29) is 11.9 Å². The van der Waals surface area contributed by atoms with Crippen molar-refractivity contribution in [3.05, 3.63) is 0 Å². The van der Waals surface area contributed by atoms with Gasteiger partial charge in [-0.25, -0.2) is 0 Å². The van der Waals surface area contributed by atoms with Crippen molar-refractivity contribution < 1.29 is 19.1 Å². The third kappa shape index (κ3) is 16.4. The Morgan fingerprint density at radius 2 is 1.15 bits per heavy atom. The Labute approximate surface area is 160 Å². The third-order valence-corrected chi connectivity index (χ3v) is 3.57. The lowest BCUT2D eigenvalue weighted by Crippen LogP contribution is -2.30. The van der Waals surface area contributed by atoms with E-state index in [0.29, 0.717) is 18.8 Å². The highest BCUT2D eigenvalue weighted by atomic mass is 16.6. The summed E-state index contributed by atoms with van der Waals surface area (Å²) < 4.78 is 10.7. The van der Waals surface area contributed by atoms with Crippen LogP contribution in [0.2, 0.25) is 0 Å². The van der Waals surface area contributed by atoms with Gasteiger partial charge in [0.25, 0.3) is 0 Å². The number of hydrogen-bond acceptors (Lipinski definition) is 5. The molecule has 0 spiro atoms. The predicted octanol–water partition coefficient (Wildman–Crippen LogP) is 4.58. The van der Waals surface area contributed by atoms with Gasteiger partial charge >= 0.3 is 11.9 Å². The van der Waals surface area contributed by atoms with Crippen LogP contribution in [0.15, 0.2) is 0 Å². The van der Waals surface area contributed by atoms with Crippen molar-refractivity contribution in [2.75, 3.05) is 19.6 Å². The molecule has 0 aliphatic carbocycles. The molecule has 0 radical (unpaired) electrons. The van der Waals surface area contributed by atoms with E-state index in [2.05, 4.69) is 18.7 Å². The lowest BCUT2D eigenvalue weighted by atomic mass is 10.1. The lowest BCUT2D eigenvalue weighted by molar-refractivity contribution is -0.155. The first-order chi connectivity index (χ1) is 11.8. The molecule has 0 saturated carbocycles. The highest BCUT2D eigenvalue weighted by molar-refractivity contribution is 5.70. The van der Waals surface area contributed by atoms with E-state index in [1.165, 1.54) is 0 Å². The van der Waals surface area contributed by atoms with Crippen LogP contribution in [-0.2, 0) is 19.1 Å². The van der Waals surface area contributed by atoms with Gasteiger partial charge in [-0.05, 0) is 86.4 Å². The molecule has 26 heavy (non-hydrogen) atoms. The van der Waals surface area contributed by atoms with Gasteiger partial charge in [0.15, 0.2) is 0 Å². The molecule has 0 unspecified atom stereocenters. The second kappa shape index (κ2) is 11.6. The van der Waals surface area contributed by atoms with Crippen molar-refractivity contribution >= 4 is 11.9 Å². The fourth-order valence-corrected chi connectivity index (χ4v) is 2.46. The quantitative estimate of drug-likeness (QED) is 0.498. The molecule has 0 amide bonds. The SMILES string of the molecule is CC(C)CCN(CCCC(=O)OC(C)(C)C)CCCC(=O)OC(C)(C)C. The number of ether oxygens (including phenoxy) is 2. The van der Waals surface area contributed by atoms with Gasteiger partial charge in [0.1, 0.15) is 11.2 Å². The van der Waals surface area contributed by atoms with E-state index in [0.717, 1.165) is 38.9 Å². The maximum Gasteiger partial charge on any atom is 0.306 e. The van der Waals surface area contributed by atoms with Crippen LogP contribution in [0.1, 0.15) is 87.5 Å². The average Bonchev–Trinajstić information content (AvgIpc) is 2.39. The Hall–Kier alpha value is -1.10. The molecule has 0 atom stereocenters. The molecule has 0 heterocycles. The van der Waals surface area contributed by atoms with Crippen molar-refractivity contribution in [1.29, 1.82) is 0 Å². The number of carbonyl (C=O) groups is 2. The maximum absolute atomic E-state index is 11.8. The van der Waals surface area contributed by atoms with Gasteiger partial charge < -0.3 is 14.4 Å².